The SMILES string of the molecule is CCOC(=O)CCc1ccc(-c2ccc3c(c2)[C@H](NC(=O)OC(C)C)C[C@H](C)N3C(C)=O)cc1. The highest BCUT2D eigenvalue weighted by atomic mass is 16.6. The lowest BCUT2D eigenvalue weighted by Gasteiger charge is -2.39. The Morgan fingerprint density at radius 2 is 1.76 bits per heavy atom. The van der Waals surface area contributed by atoms with E-state index in [1.54, 1.807) is 18.7 Å². The molecule has 7 nitrogen and oxygen atoms in total. The summed E-state index contributed by atoms with van der Waals surface area (Å²) in [6, 6.07) is 13.7. The number of hydrogen-bond donors (Lipinski definition) is 1. The predicted octanol–water partition coefficient (Wildman–Crippen LogP) is 5.17. The zero-order chi connectivity index (χ0) is 24.8. The summed E-state index contributed by atoms with van der Waals surface area (Å²) in [5.41, 5.74) is 4.74. The Morgan fingerprint density at radius 1 is 1.09 bits per heavy atom. The lowest BCUT2D eigenvalue weighted by molar-refractivity contribution is -0.143. The van der Waals surface area contributed by atoms with Gasteiger partial charge in [-0.05, 0) is 74.9 Å². The summed E-state index contributed by atoms with van der Waals surface area (Å²) in [7, 11) is 0. The van der Waals surface area contributed by atoms with E-state index in [1.807, 2.05) is 63.2 Å². The molecule has 2 aromatic rings. The van der Waals surface area contributed by atoms with Crippen molar-refractivity contribution in [2.24, 2.45) is 0 Å². The van der Waals surface area contributed by atoms with Gasteiger partial charge in [-0.1, -0.05) is 30.3 Å². The van der Waals surface area contributed by atoms with Gasteiger partial charge in [-0.3, -0.25) is 9.59 Å². The third-order valence-electron chi connectivity index (χ3n) is 5.86. The maximum atomic E-state index is 12.4. The normalized spacial score (nSPS) is 17.2. The number of anilines is 1. The van der Waals surface area contributed by atoms with Gasteiger partial charge in [0.15, 0.2) is 0 Å². The molecule has 0 fully saturated rings. The molecule has 0 spiro atoms. The smallest absolute Gasteiger partial charge is 0.407 e. The average molecular weight is 467 g/mol. The van der Waals surface area contributed by atoms with Gasteiger partial charge in [0.25, 0.3) is 0 Å². The first-order valence-electron chi connectivity index (χ1n) is 11.8. The number of rotatable bonds is 7. The molecule has 0 saturated heterocycles. The number of carbonyl (C=O) groups is 3. The number of benzene rings is 2. The van der Waals surface area contributed by atoms with E-state index < -0.39 is 6.09 Å². The van der Waals surface area contributed by atoms with E-state index in [2.05, 4.69) is 5.32 Å². The number of amides is 2. The van der Waals surface area contributed by atoms with Crippen molar-refractivity contribution in [1.29, 1.82) is 0 Å². The summed E-state index contributed by atoms with van der Waals surface area (Å²) in [5.74, 6) is -0.226. The van der Waals surface area contributed by atoms with Gasteiger partial charge >= 0.3 is 12.1 Å². The Hall–Kier alpha value is -3.35. The molecule has 1 aliphatic heterocycles. The van der Waals surface area contributed by atoms with Crippen LogP contribution in [0.2, 0.25) is 0 Å². The highest BCUT2D eigenvalue weighted by Gasteiger charge is 2.33. The predicted molar refractivity (Wildman–Crippen MR) is 132 cm³/mol. The number of ether oxygens (including phenoxy) is 2. The van der Waals surface area contributed by atoms with Crippen LogP contribution in [0, 0.1) is 0 Å². The zero-order valence-electron chi connectivity index (χ0n) is 20.6. The second kappa shape index (κ2) is 11.2. The molecule has 1 N–H and O–H groups in total. The molecule has 2 aromatic carbocycles. The van der Waals surface area contributed by atoms with Crippen molar-refractivity contribution in [3.63, 3.8) is 0 Å². The highest BCUT2D eigenvalue weighted by Crippen LogP contribution is 2.39. The van der Waals surface area contributed by atoms with E-state index in [1.165, 1.54) is 0 Å². The lowest BCUT2D eigenvalue weighted by atomic mass is 9.89. The summed E-state index contributed by atoms with van der Waals surface area (Å²) in [5, 5.41) is 2.98. The Labute approximate surface area is 201 Å². The van der Waals surface area contributed by atoms with Crippen LogP contribution in [-0.2, 0) is 25.5 Å². The van der Waals surface area contributed by atoms with E-state index in [0.717, 1.165) is 27.9 Å². The van der Waals surface area contributed by atoms with E-state index in [4.69, 9.17) is 9.47 Å². The second-order valence-corrected chi connectivity index (χ2v) is 8.90. The van der Waals surface area contributed by atoms with Gasteiger partial charge < -0.3 is 19.7 Å². The van der Waals surface area contributed by atoms with Gasteiger partial charge in [0.1, 0.15) is 0 Å². The Kier molecular flexibility index (Phi) is 8.31. The summed E-state index contributed by atoms with van der Waals surface area (Å²) in [6.07, 6.45) is 0.883. The molecule has 0 bridgehead atoms. The molecule has 0 unspecified atom stereocenters. The number of nitrogens with one attached hydrogen (secondary N) is 1. The van der Waals surface area contributed by atoms with Crippen LogP contribution in [-0.4, -0.2) is 36.7 Å². The minimum atomic E-state index is -0.467. The molecule has 3 rings (SSSR count). The third-order valence-corrected chi connectivity index (χ3v) is 5.86. The molecule has 7 heteroatoms. The lowest BCUT2D eigenvalue weighted by Crippen LogP contribution is -2.45. The molecule has 0 saturated carbocycles. The fourth-order valence-electron chi connectivity index (χ4n) is 4.39. The van der Waals surface area contributed by atoms with Crippen LogP contribution in [0.5, 0.6) is 0 Å². The van der Waals surface area contributed by atoms with Crippen LogP contribution in [0.3, 0.4) is 0 Å². The minimum Gasteiger partial charge on any atom is -0.466 e. The zero-order valence-corrected chi connectivity index (χ0v) is 20.6. The van der Waals surface area contributed by atoms with Crippen LogP contribution < -0.4 is 10.2 Å². The summed E-state index contributed by atoms with van der Waals surface area (Å²) in [6.45, 7) is 9.35. The molecular formula is C27H34N2O5. The van der Waals surface area contributed by atoms with Crippen LogP contribution in [0.1, 0.15) is 64.6 Å². The number of esters is 1. The Bertz CT molecular complexity index is 1030. The molecule has 182 valence electrons. The van der Waals surface area contributed by atoms with E-state index in [-0.39, 0.29) is 30.1 Å². The first-order valence-corrected chi connectivity index (χ1v) is 11.8. The van der Waals surface area contributed by atoms with Crippen molar-refractivity contribution in [2.45, 2.75) is 72.1 Å². The largest absolute Gasteiger partial charge is 0.466 e. The topological polar surface area (TPSA) is 84.9 Å². The molecule has 1 aliphatic rings. The number of carbonyl (C=O) groups excluding carboxylic acids is 3. The van der Waals surface area contributed by atoms with Crippen LogP contribution in [0.15, 0.2) is 42.5 Å². The minimum absolute atomic E-state index is 0.0318. The van der Waals surface area contributed by atoms with Crippen molar-refractivity contribution in [3.8, 4) is 11.1 Å². The van der Waals surface area contributed by atoms with E-state index >= 15 is 0 Å². The van der Waals surface area contributed by atoms with Crippen LogP contribution in [0.4, 0.5) is 10.5 Å². The van der Waals surface area contributed by atoms with E-state index in [0.29, 0.717) is 25.9 Å². The number of nitrogens with zero attached hydrogens (tertiary/aromatic N) is 1. The summed E-state index contributed by atoms with van der Waals surface area (Å²) < 4.78 is 10.3. The summed E-state index contributed by atoms with van der Waals surface area (Å²) in [4.78, 5) is 38.1. The molecule has 34 heavy (non-hydrogen) atoms. The van der Waals surface area contributed by atoms with Crippen molar-refractivity contribution < 1.29 is 23.9 Å². The molecule has 0 aromatic heterocycles. The standard InChI is InChI=1S/C27H34N2O5/c1-6-33-26(31)14-9-20-7-10-21(11-8-20)22-12-13-25-23(16-22)24(28-27(32)34-17(2)3)15-18(4)29(25)19(5)30/h7-8,10-13,16-18,24H,6,9,14-15H2,1-5H3,(H,28,32)/t18-,24+/m0/s1. The van der Waals surface area contributed by atoms with Crippen LogP contribution >= 0.6 is 0 Å². The fourth-order valence-corrected chi connectivity index (χ4v) is 4.39. The first-order chi connectivity index (χ1) is 16.2. The Morgan fingerprint density at radius 3 is 2.38 bits per heavy atom. The maximum Gasteiger partial charge on any atom is 0.407 e. The Balaban J connectivity index is 1.87. The highest BCUT2D eigenvalue weighted by molar-refractivity contribution is 5.94. The molecule has 1 heterocycles. The number of alkyl carbamates (subject to hydrolysis) is 1. The number of hydrogen-bond acceptors (Lipinski definition) is 5. The van der Waals surface area contributed by atoms with Crippen molar-refractivity contribution in [3.05, 3.63) is 53.6 Å². The van der Waals surface area contributed by atoms with Gasteiger partial charge in [0.2, 0.25) is 5.91 Å². The third kappa shape index (κ3) is 6.16. The summed E-state index contributed by atoms with van der Waals surface area (Å²) >= 11 is 0. The fraction of sp³-hybridized carbons (Fsp3) is 0.444. The van der Waals surface area contributed by atoms with E-state index in [9.17, 15) is 14.4 Å². The van der Waals surface area contributed by atoms with Gasteiger partial charge in [0.05, 0.1) is 18.8 Å². The molecule has 0 radical (unpaired) electrons. The molecule has 0 aliphatic carbocycles. The monoisotopic (exact) mass is 466 g/mol. The van der Waals surface area contributed by atoms with Crippen LogP contribution in [0.25, 0.3) is 11.1 Å². The van der Waals surface area contributed by atoms with Crippen molar-refractivity contribution in [1.82, 2.24) is 5.32 Å². The van der Waals surface area contributed by atoms with Gasteiger partial charge in [-0.25, -0.2) is 4.79 Å². The van der Waals surface area contributed by atoms with Crippen molar-refractivity contribution >= 4 is 23.7 Å². The maximum absolute atomic E-state index is 12.4. The number of fused-ring (bicyclic) bond motifs is 1. The van der Waals surface area contributed by atoms with Gasteiger partial charge in [0, 0.05) is 25.1 Å². The van der Waals surface area contributed by atoms with Crippen molar-refractivity contribution in [2.75, 3.05) is 11.5 Å². The average Bonchev–Trinajstić information content (AvgIpc) is 2.77. The van der Waals surface area contributed by atoms with Gasteiger partial charge in [-0.2, -0.15) is 0 Å². The first kappa shape index (κ1) is 25.3. The quantitative estimate of drug-likeness (QED) is 0.569. The molecule has 2 amide bonds. The molecule has 2 atom stereocenters. The number of aryl methyl sites for hydroxylation is 1. The second-order valence-electron chi connectivity index (χ2n) is 8.90. The molecular weight excluding hydrogens is 432 g/mol. The van der Waals surface area contributed by atoms with Gasteiger partial charge in [-0.15, -0.1) is 0 Å².